The zero-order valence-corrected chi connectivity index (χ0v) is 16.3. The molecule has 1 aliphatic rings. The summed E-state index contributed by atoms with van der Waals surface area (Å²) in [6.07, 6.45) is 1.59. The molecule has 28 heavy (non-hydrogen) atoms. The molecule has 2 aromatic rings. The Bertz CT molecular complexity index is 990. The summed E-state index contributed by atoms with van der Waals surface area (Å²) in [7, 11) is 0. The summed E-state index contributed by atoms with van der Waals surface area (Å²) in [5, 5.41) is 20.5. The van der Waals surface area contributed by atoms with E-state index >= 15 is 0 Å². The fourth-order valence-electron chi connectivity index (χ4n) is 2.43. The smallest absolute Gasteiger partial charge is 0.285 e. The number of phenolic OH excluding ortho intramolecular Hbond substituents is 2. The van der Waals surface area contributed by atoms with Crippen LogP contribution in [0.2, 0.25) is 0 Å². The Kier molecular flexibility index (Phi) is 5.86. The van der Waals surface area contributed by atoms with Crippen molar-refractivity contribution in [2.45, 2.75) is 6.92 Å². The molecule has 3 rings (SSSR count). The van der Waals surface area contributed by atoms with Crippen LogP contribution in [-0.2, 0) is 4.79 Å². The van der Waals surface area contributed by atoms with E-state index in [1.807, 2.05) is 0 Å². The van der Waals surface area contributed by atoms with E-state index < -0.39 is 11.8 Å². The molecule has 2 aromatic carbocycles. The quantitative estimate of drug-likeness (QED) is 0.509. The number of hydrazine groups is 1. The lowest BCUT2D eigenvalue weighted by molar-refractivity contribution is -0.123. The molecule has 1 saturated heterocycles. The number of thiocarbonyl (C=S) groups is 1. The van der Waals surface area contributed by atoms with Gasteiger partial charge in [-0.05, 0) is 55.0 Å². The number of rotatable bonds is 5. The minimum atomic E-state index is -0.654. The van der Waals surface area contributed by atoms with E-state index in [0.29, 0.717) is 22.8 Å². The normalized spacial score (nSPS) is 15.2. The lowest BCUT2D eigenvalue weighted by Crippen LogP contribution is -2.44. The van der Waals surface area contributed by atoms with Crippen LogP contribution >= 0.6 is 24.0 Å². The van der Waals surface area contributed by atoms with E-state index in [9.17, 15) is 19.8 Å². The summed E-state index contributed by atoms with van der Waals surface area (Å²) in [5.41, 5.74) is 3.07. The van der Waals surface area contributed by atoms with Crippen molar-refractivity contribution in [2.75, 3.05) is 6.61 Å². The highest BCUT2D eigenvalue weighted by atomic mass is 32.2. The third kappa shape index (κ3) is 4.10. The summed E-state index contributed by atoms with van der Waals surface area (Å²) in [5.74, 6) is -1.04. The second kappa shape index (κ2) is 8.32. The van der Waals surface area contributed by atoms with Crippen molar-refractivity contribution in [3.05, 3.63) is 58.5 Å². The monoisotopic (exact) mass is 416 g/mol. The van der Waals surface area contributed by atoms with Gasteiger partial charge in [0.25, 0.3) is 11.8 Å². The zero-order chi connectivity index (χ0) is 20.3. The van der Waals surface area contributed by atoms with Crippen molar-refractivity contribution < 1.29 is 24.5 Å². The average Bonchev–Trinajstić information content (AvgIpc) is 2.92. The largest absolute Gasteiger partial charge is 0.507 e. The number of ether oxygens (including phenoxy) is 1. The minimum Gasteiger partial charge on any atom is -0.507 e. The van der Waals surface area contributed by atoms with Crippen LogP contribution in [0.25, 0.3) is 6.08 Å². The van der Waals surface area contributed by atoms with Crippen LogP contribution in [0.4, 0.5) is 0 Å². The van der Waals surface area contributed by atoms with Crippen LogP contribution in [0, 0.1) is 0 Å². The number of hydrogen-bond donors (Lipinski definition) is 3. The number of carbonyl (C=O) groups excluding carboxylic acids is 2. The lowest BCUT2D eigenvalue weighted by atomic mass is 10.2. The third-order valence-corrected chi connectivity index (χ3v) is 5.04. The highest BCUT2D eigenvalue weighted by molar-refractivity contribution is 8.26. The maximum Gasteiger partial charge on any atom is 0.285 e. The van der Waals surface area contributed by atoms with E-state index in [2.05, 4.69) is 5.43 Å². The van der Waals surface area contributed by atoms with Gasteiger partial charge in [-0.1, -0.05) is 30.0 Å². The first-order valence-electron chi connectivity index (χ1n) is 8.23. The standard InChI is InChI=1S/C19H16N2O5S2/c1-2-26-15-9-11(7-8-14(15)23)10-16-18(25)21(19(27)28-16)20-17(24)12-5-3-4-6-13(12)22/h3-10,22-23H,2H2,1H3,(H,20,24)/b16-10+. The first kappa shape index (κ1) is 19.7. The van der Waals surface area contributed by atoms with E-state index in [1.54, 1.807) is 37.3 Å². The van der Waals surface area contributed by atoms with Gasteiger partial charge >= 0.3 is 0 Å². The molecular weight excluding hydrogens is 400 g/mol. The molecule has 0 atom stereocenters. The summed E-state index contributed by atoms with van der Waals surface area (Å²) >= 11 is 6.22. The van der Waals surface area contributed by atoms with Gasteiger partial charge in [-0.2, -0.15) is 5.01 Å². The molecule has 3 N–H and O–H groups in total. The van der Waals surface area contributed by atoms with Gasteiger partial charge in [0, 0.05) is 0 Å². The fraction of sp³-hybridized carbons (Fsp3) is 0.105. The molecule has 0 aromatic heterocycles. The van der Waals surface area contributed by atoms with Gasteiger partial charge in [0.15, 0.2) is 15.8 Å². The highest BCUT2D eigenvalue weighted by Gasteiger charge is 2.34. The summed E-state index contributed by atoms with van der Waals surface area (Å²) in [6, 6.07) is 10.7. The SMILES string of the molecule is CCOc1cc(/C=C2/SC(=S)N(NC(=O)c3ccccc3O)C2=O)ccc1O. The van der Waals surface area contributed by atoms with Crippen molar-refractivity contribution in [1.29, 1.82) is 0 Å². The molecule has 9 heteroatoms. The van der Waals surface area contributed by atoms with Gasteiger partial charge in [-0.15, -0.1) is 0 Å². The van der Waals surface area contributed by atoms with Crippen LogP contribution in [-0.4, -0.2) is 38.0 Å². The van der Waals surface area contributed by atoms with E-state index in [1.165, 1.54) is 18.2 Å². The predicted molar refractivity (Wildman–Crippen MR) is 110 cm³/mol. The summed E-state index contributed by atoms with van der Waals surface area (Å²) < 4.78 is 5.49. The van der Waals surface area contributed by atoms with Crippen molar-refractivity contribution >= 4 is 46.2 Å². The molecule has 0 bridgehead atoms. The molecule has 0 saturated carbocycles. The Morgan fingerprint density at radius 2 is 2.00 bits per heavy atom. The molecule has 1 heterocycles. The number of nitrogens with zero attached hydrogens (tertiary/aromatic N) is 1. The van der Waals surface area contributed by atoms with Crippen LogP contribution in [0.1, 0.15) is 22.8 Å². The van der Waals surface area contributed by atoms with E-state index in [-0.39, 0.29) is 21.4 Å². The van der Waals surface area contributed by atoms with Crippen LogP contribution in [0.15, 0.2) is 47.4 Å². The molecule has 0 spiro atoms. The number of phenols is 2. The van der Waals surface area contributed by atoms with E-state index in [4.69, 9.17) is 17.0 Å². The lowest BCUT2D eigenvalue weighted by Gasteiger charge is -2.16. The van der Waals surface area contributed by atoms with E-state index in [0.717, 1.165) is 16.8 Å². The van der Waals surface area contributed by atoms with Crippen LogP contribution < -0.4 is 10.2 Å². The Labute approximate surface area is 170 Å². The van der Waals surface area contributed by atoms with Gasteiger partial charge in [-0.3, -0.25) is 15.0 Å². The number of carbonyl (C=O) groups is 2. The topological polar surface area (TPSA) is 99.1 Å². The highest BCUT2D eigenvalue weighted by Crippen LogP contribution is 2.34. The second-order valence-electron chi connectivity index (χ2n) is 5.64. The van der Waals surface area contributed by atoms with Gasteiger partial charge in [0.2, 0.25) is 0 Å². The zero-order valence-electron chi connectivity index (χ0n) is 14.7. The Morgan fingerprint density at radius 3 is 2.71 bits per heavy atom. The Hall–Kier alpha value is -3.04. The minimum absolute atomic E-state index is 0.00137. The van der Waals surface area contributed by atoms with Crippen molar-refractivity contribution in [3.63, 3.8) is 0 Å². The number of para-hydroxylation sites is 1. The van der Waals surface area contributed by atoms with Gasteiger partial charge in [0.1, 0.15) is 5.75 Å². The Balaban J connectivity index is 1.80. The van der Waals surface area contributed by atoms with Crippen LogP contribution in [0.5, 0.6) is 17.2 Å². The van der Waals surface area contributed by atoms with Gasteiger partial charge in [0.05, 0.1) is 17.1 Å². The number of benzene rings is 2. The maximum absolute atomic E-state index is 12.6. The van der Waals surface area contributed by atoms with Gasteiger partial charge in [-0.25, -0.2) is 0 Å². The van der Waals surface area contributed by atoms with Crippen LogP contribution in [0.3, 0.4) is 0 Å². The third-order valence-electron chi connectivity index (χ3n) is 3.74. The first-order chi connectivity index (χ1) is 13.4. The molecule has 0 aliphatic carbocycles. The first-order valence-corrected chi connectivity index (χ1v) is 9.46. The summed E-state index contributed by atoms with van der Waals surface area (Å²) in [6.45, 7) is 2.18. The molecule has 144 valence electrons. The van der Waals surface area contributed by atoms with Crippen molar-refractivity contribution in [3.8, 4) is 17.2 Å². The number of nitrogens with one attached hydrogen (secondary N) is 1. The fourth-order valence-corrected chi connectivity index (χ4v) is 3.61. The van der Waals surface area contributed by atoms with Crippen molar-refractivity contribution in [1.82, 2.24) is 10.4 Å². The molecule has 0 radical (unpaired) electrons. The second-order valence-corrected chi connectivity index (χ2v) is 7.31. The molecule has 2 amide bonds. The Morgan fingerprint density at radius 1 is 1.25 bits per heavy atom. The predicted octanol–water partition coefficient (Wildman–Crippen LogP) is 3.04. The number of hydrogen-bond acceptors (Lipinski definition) is 7. The average molecular weight is 416 g/mol. The maximum atomic E-state index is 12.6. The molecular formula is C19H16N2O5S2. The number of thioether (sulfide) groups is 1. The molecule has 0 unspecified atom stereocenters. The molecule has 7 nitrogen and oxygen atoms in total. The molecule has 1 aliphatic heterocycles. The summed E-state index contributed by atoms with van der Waals surface area (Å²) in [4.78, 5) is 25.3. The van der Waals surface area contributed by atoms with Gasteiger partial charge < -0.3 is 14.9 Å². The molecule has 1 fully saturated rings. The van der Waals surface area contributed by atoms with Crippen molar-refractivity contribution in [2.24, 2.45) is 0 Å². The number of amides is 2. The number of aromatic hydroxyl groups is 2.